The number of primary sulfonamides is 1. The molecule has 0 spiro atoms. The van der Waals surface area contributed by atoms with Crippen molar-refractivity contribution in [3.63, 3.8) is 0 Å². The summed E-state index contributed by atoms with van der Waals surface area (Å²) in [7, 11) is -3.90. The van der Waals surface area contributed by atoms with Crippen LogP contribution in [0.4, 0.5) is 13.2 Å². The third kappa shape index (κ3) is 4.18. The molecule has 0 aliphatic carbocycles. The average molecular weight is 413 g/mol. The van der Waals surface area contributed by atoms with E-state index in [-0.39, 0.29) is 10.7 Å². The number of hydrogen-bond donors (Lipinski definition) is 1. The number of thioether (sulfide) groups is 1. The Morgan fingerprint density at radius 2 is 1.63 bits per heavy atom. The number of sulfonamides is 1. The Hall–Kier alpha value is -2.30. The third-order valence-corrected chi connectivity index (χ3v) is 5.46. The normalized spacial score (nSPS) is 12.3. The van der Waals surface area contributed by atoms with Crippen LogP contribution in [0.2, 0.25) is 0 Å². The fourth-order valence-electron chi connectivity index (χ4n) is 2.45. The third-order valence-electron chi connectivity index (χ3n) is 3.79. The van der Waals surface area contributed by atoms with Gasteiger partial charge in [0.2, 0.25) is 10.0 Å². The van der Waals surface area contributed by atoms with E-state index in [9.17, 15) is 21.6 Å². The zero-order valence-corrected chi connectivity index (χ0v) is 15.6. The smallest absolute Gasteiger partial charge is 0.299 e. The van der Waals surface area contributed by atoms with Gasteiger partial charge in [0.05, 0.1) is 4.90 Å². The van der Waals surface area contributed by atoms with Gasteiger partial charge in [0.15, 0.2) is 5.69 Å². The molecule has 0 saturated heterocycles. The molecular formula is C17H14F3N3O2S2. The first-order valence-electron chi connectivity index (χ1n) is 7.54. The Kier molecular flexibility index (Phi) is 5.06. The number of alkyl halides is 3. The van der Waals surface area contributed by atoms with Gasteiger partial charge in [-0.3, -0.25) is 4.57 Å². The number of halogens is 3. The van der Waals surface area contributed by atoms with Crippen LogP contribution in [-0.2, 0) is 16.2 Å². The number of benzene rings is 2. The quantitative estimate of drug-likeness (QED) is 0.658. The highest BCUT2D eigenvalue weighted by atomic mass is 32.2. The fraction of sp³-hybridized carbons (Fsp3) is 0.118. The number of nitrogens with zero attached hydrogens (tertiary/aromatic N) is 2. The Morgan fingerprint density at radius 3 is 2.11 bits per heavy atom. The summed E-state index contributed by atoms with van der Waals surface area (Å²) in [5, 5.41) is 5.06. The second-order valence-electron chi connectivity index (χ2n) is 5.58. The van der Waals surface area contributed by atoms with Crippen molar-refractivity contribution < 1.29 is 21.6 Å². The van der Waals surface area contributed by atoms with E-state index in [0.717, 1.165) is 11.1 Å². The summed E-state index contributed by atoms with van der Waals surface area (Å²) >= 11 is 1.51. The first-order chi connectivity index (χ1) is 12.6. The van der Waals surface area contributed by atoms with Gasteiger partial charge in [-0.1, -0.05) is 0 Å². The van der Waals surface area contributed by atoms with E-state index in [1.807, 2.05) is 6.26 Å². The molecule has 0 fully saturated rings. The van der Waals surface area contributed by atoms with E-state index in [2.05, 4.69) is 4.98 Å². The van der Waals surface area contributed by atoms with Gasteiger partial charge in [-0.2, -0.15) is 13.2 Å². The van der Waals surface area contributed by atoms with E-state index >= 15 is 0 Å². The maximum absolute atomic E-state index is 13.2. The molecule has 2 aromatic carbocycles. The van der Waals surface area contributed by atoms with Crippen LogP contribution in [-0.4, -0.2) is 24.2 Å². The Balaban J connectivity index is 2.14. The van der Waals surface area contributed by atoms with Gasteiger partial charge in [-0.15, -0.1) is 11.8 Å². The molecule has 0 saturated carbocycles. The second-order valence-corrected chi connectivity index (χ2v) is 8.03. The Morgan fingerprint density at radius 1 is 1.04 bits per heavy atom. The maximum Gasteiger partial charge on any atom is 0.434 e. The molecule has 0 atom stereocenters. The average Bonchev–Trinajstić information content (AvgIpc) is 3.07. The molecule has 5 nitrogen and oxygen atoms in total. The summed E-state index contributed by atoms with van der Waals surface area (Å²) in [6, 6.07) is 12.2. The minimum Gasteiger partial charge on any atom is -0.299 e. The topological polar surface area (TPSA) is 78.0 Å². The number of imidazole rings is 1. The molecule has 0 aliphatic rings. The number of aromatic nitrogens is 2. The number of rotatable bonds is 4. The van der Waals surface area contributed by atoms with Crippen LogP contribution in [0, 0.1) is 0 Å². The lowest BCUT2D eigenvalue weighted by Crippen LogP contribution is -2.11. The van der Waals surface area contributed by atoms with Gasteiger partial charge >= 0.3 is 6.18 Å². The number of nitrogens with two attached hydrogens (primary N) is 1. The van der Waals surface area contributed by atoms with Crippen LogP contribution >= 0.6 is 11.8 Å². The van der Waals surface area contributed by atoms with Gasteiger partial charge in [-0.05, 0) is 54.8 Å². The standard InChI is InChI=1S/C17H14F3N3O2S2/c1-26-13-6-4-12(5-7-13)23-10-15(17(18,19)20)22-16(23)11-2-8-14(9-3-11)27(21,24)25/h2-10H,1H3,(H2,21,24,25). The van der Waals surface area contributed by atoms with Crippen molar-refractivity contribution in [3.8, 4) is 17.1 Å². The van der Waals surface area contributed by atoms with Gasteiger partial charge < -0.3 is 0 Å². The fourth-order valence-corrected chi connectivity index (χ4v) is 3.38. The van der Waals surface area contributed by atoms with Crippen LogP contribution in [0.15, 0.2) is 64.5 Å². The first-order valence-corrected chi connectivity index (χ1v) is 10.3. The molecular weight excluding hydrogens is 399 g/mol. The molecule has 10 heteroatoms. The monoisotopic (exact) mass is 413 g/mol. The van der Waals surface area contributed by atoms with Crippen molar-refractivity contribution >= 4 is 21.8 Å². The summed E-state index contributed by atoms with van der Waals surface area (Å²) in [4.78, 5) is 4.55. The minimum atomic E-state index is -4.61. The summed E-state index contributed by atoms with van der Waals surface area (Å²) in [6.07, 6.45) is -1.80. The van der Waals surface area contributed by atoms with Gasteiger partial charge in [-0.25, -0.2) is 18.5 Å². The second kappa shape index (κ2) is 7.02. The molecule has 1 heterocycles. The van der Waals surface area contributed by atoms with Crippen LogP contribution in [0.5, 0.6) is 0 Å². The van der Waals surface area contributed by atoms with E-state index < -0.39 is 21.9 Å². The number of hydrogen-bond acceptors (Lipinski definition) is 4. The molecule has 0 amide bonds. The Bertz CT molecular complexity index is 1060. The zero-order valence-electron chi connectivity index (χ0n) is 13.9. The molecule has 0 bridgehead atoms. The van der Waals surface area contributed by atoms with Crippen molar-refractivity contribution in [1.29, 1.82) is 0 Å². The molecule has 3 rings (SSSR count). The van der Waals surface area contributed by atoms with Crippen molar-refractivity contribution in [3.05, 3.63) is 60.4 Å². The first kappa shape index (κ1) is 19.5. The van der Waals surface area contributed by atoms with Gasteiger partial charge in [0.1, 0.15) is 5.82 Å². The highest BCUT2D eigenvalue weighted by molar-refractivity contribution is 7.98. The summed E-state index contributed by atoms with van der Waals surface area (Å²) < 4.78 is 63.6. The van der Waals surface area contributed by atoms with Crippen LogP contribution in [0.25, 0.3) is 17.1 Å². The molecule has 0 unspecified atom stereocenters. The molecule has 142 valence electrons. The summed E-state index contributed by atoms with van der Waals surface area (Å²) in [6.45, 7) is 0. The molecule has 1 aromatic heterocycles. The van der Waals surface area contributed by atoms with Crippen molar-refractivity contribution in [2.45, 2.75) is 16.0 Å². The van der Waals surface area contributed by atoms with Crippen molar-refractivity contribution in [2.24, 2.45) is 5.14 Å². The predicted molar refractivity (Wildman–Crippen MR) is 97.2 cm³/mol. The SMILES string of the molecule is CSc1ccc(-n2cc(C(F)(F)F)nc2-c2ccc(S(N)(=O)=O)cc2)cc1. The molecule has 0 radical (unpaired) electrons. The summed E-state index contributed by atoms with van der Waals surface area (Å²) in [5.74, 6) is 0.0418. The highest BCUT2D eigenvalue weighted by Crippen LogP contribution is 2.33. The molecule has 0 aliphatic heterocycles. The lowest BCUT2D eigenvalue weighted by Gasteiger charge is -2.09. The van der Waals surface area contributed by atoms with E-state index in [4.69, 9.17) is 5.14 Å². The summed E-state index contributed by atoms with van der Waals surface area (Å²) in [5.41, 5.74) is -0.213. The van der Waals surface area contributed by atoms with Gasteiger partial charge in [0.25, 0.3) is 0 Å². The lowest BCUT2D eigenvalue weighted by molar-refractivity contribution is -0.140. The predicted octanol–water partition coefficient (Wildman–Crippen LogP) is 3.93. The van der Waals surface area contributed by atoms with Crippen LogP contribution < -0.4 is 5.14 Å². The zero-order chi connectivity index (χ0) is 19.8. The molecule has 27 heavy (non-hydrogen) atoms. The van der Waals surface area contributed by atoms with Crippen LogP contribution in [0.3, 0.4) is 0 Å². The lowest BCUT2D eigenvalue weighted by atomic mass is 10.2. The molecule has 3 aromatic rings. The van der Waals surface area contributed by atoms with Crippen molar-refractivity contribution in [2.75, 3.05) is 6.26 Å². The van der Waals surface area contributed by atoms with Crippen LogP contribution in [0.1, 0.15) is 5.69 Å². The largest absolute Gasteiger partial charge is 0.434 e. The van der Waals surface area contributed by atoms with E-state index in [1.54, 1.807) is 24.3 Å². The highest BCUT2D eigenvalue weighted by Gasteiger charge is 2.35. The maximum atomic E-state index is 13.2. The Labute approximate surface area is 158 Å². The van der Waals surface area contributed by atoms with E-state index in [1.165, 1.54) is 40.6 Å². The minimum absolute atomic E-state index is 0.0418. The van der Waals surface area contributed by atoms with Gasteiger partial charge in [0, 0.05) is 22.3 Å². The van der Waals surface area contributed by atoms with E-state index in [0.29, 0.717) is 11.3 Å². The molecule has 2 N–H and O–H groups in total. The van der Waals surface area contributed by atoms with Crippen molar-refractivity contribution in [1.82, 2.24) is 9.55 Å².